The van der Waals surface area contributed by atoms with Crippen molar-refractivity contribution in [1.29, 1.82) is 0 Å². The van der Waals surface area contributed by atoms with E-state index in [1.165, 1.54) is 6.08 Å². The molecule has 0 amide bonds. The van der Waals surface area contributed by atoms with Crippen molar-refractivity contribution in [3.63, 3.8) is 0 Å². The molecule has 0 aliphatic carbocycles. The van der Waals surface area contributed by atoms with Gasteiger partial charge in [0.05, 0.1) is 0 Å². The summed E-state index contributed by atoms with van der Waals surface area (Å²) < 4.78 is 26.0. The minimum atomic E-state index is -3.82. The molecule has 0 fully saturated rings. The highest BCUT2D eigenvalue weighted by atomic mass is 32.2. The molecule has 110 valence electrons. The molecule has 0 radical (unpaired) electrons. The van der Waals surface area contributed by atoms with Crippen LogP contribution >= 0.6 is 0 Å². The van der Waals surface area contributed by atoms with Crippen LogP contribution in [0, 0.1) is 5.41 Å². The lowest BCUT2D eigenvalue weighted by Gasteiger charge is -2.26. The maximum absolute atomic E-state index is 11.9. The number of benzene rings is 1. The van der Waals surface area contributed by atoms with Gasteiger partial charge in [-0.05, 0) is 17.1 Å². The maximum Gasteiger partial charge on any atom is 0.322 e. The van der Waals surface area contributed by atoms with Crippen LogP contribution in [0.25, 0.3) is 6.08 Å². The van der Waals surface area contributed by atoms with Crippen LogP contribution < -0.4 is 4.72 Å². The van der Waals surface area contributed by atoms with Gasteiger partial charge in [0.2, 0.25) is 10.0 Å². The summed E-state index contributed by atoms with van der Waals surface area (Å²) in [5, 5.41) is 10.1. The van der Waals surface area contributed by atoms with Gasteiger partial charge in [-0.25, -0.2) is 8.42 Å². The van der Waals surface area contributed by atoms with Crippen LogP contribution in [0.1, 0.15) is 26.3 Å². The van der Waals surface area contributed by atoms with Gasteiger partial charge < -0.3 is 5.11 Å². The van der Waals surface area contributed by atoms with Crippen molar-refractivity contribution in [2.24, 2.45) is 5.41 Å². The Labute approximate surface area is 119 Å². The molecule has 6 heteroatoms. The van der Waals surface area contributed by atoms with Crippen LogP contribution in [0.2, 0.25) is 0 Å². The first-order chi connectivity index (χ1) is 9.12. The predicted molar refractivity (Wildman–Crippen MR) is 78.4 cm³/mol. The zero-order valence-electron chi connectivity index (χ0n) is 11.7. The zero-order valence-corrected chi connectivity index (χ0v) is 12.5. The first-order valence-electron chi connectivity index (χ1n) is 6.10. The summed E-state index contributed by atoms with van der Waals surface area (Å²) in [6.45, 7) is 4.99. The van der Waals surface area contributed by atoms with Crippen molar-refractivity contribution in [2.75, 3.05) is 0 Å². The van der Waals surface area contributed by atoms with Crippen molar-refractivity contribution < 1.29 is 18.3 Å². The van der Waals surface area contributed by atoms with Gasteiger partial charge in [0.1, 0.15) is 6.04 Å². The van der Waals surface area contributed by atoms with Crippen LogP contribution in [-0.4, -0.2) is 25.5 Å². The molecule has 0 bridgehead atoms. The minimum absolute atomic E-state index is 0.723. The van der Waals surface area contributed by atoms with Crippen molar-refractivity contribution >= 4 is 22.1 Å². The van der Waals surface area contributed by atoms with Crippen molar-refractivity contribution in [3.8, 4) is 0 Å². The molecular weight excluding hydrogens is 278 g/mol. The number of aliphatic carboxylic acids is 1. The summed E-state index contributed by atoms with van der Waals surface area (Å²) in [6, 6.07) is 7.72. The Morgan fingerprint density at radius 1 is 1.25 bits per heavy atom. The van der Waals surface area contributed by atoms with Gasteiger partial charge in [-0.3, -0.25) is 4.79 Å². The van der Waals surface area contributed by atoms with Gasteiger partial charge in [-0.1, -0.05) is 51.1 Å². The molecule has 0 aliphatic heterocycles. The van der Waals surface area contributed by atoms with E-state index in [2.05, 4.69) is 4.72 Å². The lowest BCUT2D eigenvalue weighted by molar-refractivity contribution is -0.141. The molecule has 2 N–H and O–H groups in total. The Balaban J connectivity index is 2.89. The van der Waals surface area contributed by atoms with E-state index in [1.807, 2.05) is 6.07 Å². The van der Waals surface area contributed by atoms with Crippen LogP contribution in [0.3, 0.4) is 0 Å². The topological polar surface area (TPSA) is 83.5 Å². The van der Waals surface area contributed by atoms with E-state index in [4.69, 9.17) is 5.11 Å². The molecule has 1 aromatic carbocycles. The second kappa shape index (κ2) is 6.19. The highest BCUT2D eigenvalue weighted by Gasteiger charge is 2.33. The fraction of sp³-hybridized carbons (Fsp3) is 0.357. The molecule has 0 saturated carbocycles. The number of carboxylic acids is 1. The number of carbonyl (C=O) groups is 1. The first-order valence-corrected chi connectivity index (χ1v) is 7.65. The summed E-state index contributed by atoms with van der Waals surface area (Å²) in [7, 11) is -3.82. The predicted octanol–water partition coefficient (Wildman–Crippen LogP) is 2.08. The largest absolute Gasteiger partial charge is 0.480 e. The molecule has 0 spiro atoms. The number of hydrogen-bond acceptors (Lipinski definition) is 3. The molecule has 1 rings (SSSR count). The Kier molecular flexibility index (Phi) is 5.08. The Hall–Kier alpha value is -1.66. The van der Waals surface area contributed by atoms with E-state index >= 15 is 0 Å². The molecular formula is C14H19NO4S. The Morgan fingerprint density at radius 2 is 1.80 bits per heavy atom. The smallest absolute Gasteiger partial charge is 0.322 e. The zero-order chi connectivity index (χ0) is 15.4. The molecule has 0 saturated heterocycles. The average Bonchev–Trinajstić information content (AvgIpc) is 2.33. The van der Waals surface area contributed by atoms with Gasteiger partial charge in [0.25, 0.3) is 0 Å². The van der Waals surface area contributed by atoms with E-state index in [1.54, 1.807) is 45.0 Å². The van der Waals surface area contributed by atoms with Crippen LogP contribution in [-0.2, 0) is 14.8 Å². The monoisotopic (exact) mass is 297 g/mol. The number of sulfonamides is 1. The normalized spacial score (nSPS) is 14.3. The second-order valence-corrected chi connectivity index (χ2v) is 7.11. The van der Waals surface area contributed by atoms with Crippen molar-refractivity contribution in [1.82, 2.24) is 4.72 Å². The van der Waals surface area contributed by atoms with Crippen LogP contribution in [0.5, 0.6) is 0 Å². The van der Waals surface area contributed by atoms with Gasteiger partial charge in [0.15, 0.2) is 0 Å². The molecule has 0 unspecified atom stereocenters. The Bertz CT molecular complexity index is 585. The average molecular weight is 297 g/mol. The molecule has 0 heterocycles. The van der Waals surface area contributed by atoms with Gasteiger partial charge in [0, 0.05) is 5.41 Å². The van der Waals surface area contributed by atoms with E-state index in [-0.39, 0.29) is 0 Å². The SMILES string of the molecule is CC(C)(C)[C@@H](NS(=O)(=O)/C=C/c1ccccc1)C(=O)O. The van der Waals surface area contributed by atoms with E-state index in [0.717, 1.165) is 11.0 Å². The third kappa shape index (κ3) is 5.14. The summed E-state index contributed by atoms with van der Waals surface area (Å²) in [6.07, 6.45) is 1.42. The summed E-state index contributed by atoms with van der Waals surface area (Å²) >= 11 is 0. The summed E-state index contributed by atoms with van der Waals surface area (Å²) in [5.74, 6) is -1.20. The highest BCUT2D eigenvalue weighted by molar-refractivity contribution is 7.92. The van der Waals surface area contributed by atoms with Crippen molar-refractivity contribution in [2.45, 2.75) is 26.8 Å². The maximum atomic E-state index is 11.9. The fourth-order valence-corrected chi connectivity index (χ4v) is 2.73. The van der Waals surface area contributed by atoms with E-state index in [0.29, 0.717) is 0 Å². The molecule has 0 aromatic heterocycles. The highest BCUT2D eigenvalue weighted by Crippen LogP contribution is 2.20. The molecule has 1 atom stereocenters. The number of nitrogens with one attached hydrogen (secondary N) is 1. The molecule has 20 heavy (non-hydrogen) atoms. The lowest BCUT2D eigenvalue weighted by atomic mass is 9.88. The quantitative estimate of drug-likeness (QED) is 0.871. The van der Waals surface area contributed by atoms with E-state index in [9.17, 15) is 13.2 Å². The third-order valence-corrected chi connectivity index (χ3v) is 3.69. The minimum Gasteiger partial charge on any atom is -0.480 e. The standard InChI is InChI=1S/C14H19NO4S/c1-14(2,3)12(13(16)17)15-20(18,19)10-9-11-7-5-4-6-8-11/h4-10,12,15H,1-3H3,(H,16,17)/b10-9+/t12-/m0/s1. The Morgan fingerprint density at radius 3 is 2.25 bits per heavy atom. The lowest BCUT2D eigenvalue weighted by Crippen LogP contribution is -2.48. The molecule has 1 aromatic rings. The van der Waals surface area contributed by atoms with Crippen molar-refractivity contribution in [3.05, 3.63) is 41.3 Å². The third-order valence-electron chi connectivity index (χ3n) is 2.63. The van der Waals surface area contributed by atoms with Gasteiger partial charge in [-0.2, -0.15) is 4.72 Å². The molecule has 5 nitrogen and oxygen atoms in total. The van der Waals surface area contributed by atoms with Crippen LogP contribution in [0.15, 0.2) is 35.7 Å². The van der Waals surface area contributed by atoms with Crippen LogP contribution in [0.4, 0.5) is 0 Å². The fourth-order valence-electron chi connectivity index (χ4n) is 1.53. The first kappa shape index (κ1) is 16.4. The molecule has 0 aliphatic rings. The number of rotatable bonds is 5. The number of hydrogen-bond donors (Lipinski definition) is 2. The summed E-state index contributed by atoms with van der Waals surface area (Å²) in [5.41, 5.74) is -0.0000347. The summed E-state index contributed by atoms with van der Waals surface area (Å²) in [4.78, 5) is 11.1. The number of carboxylic acid groups (broad SMARTS) is 1. The van der Waals surface area contributed by atoms with E-state index < -0.39 is 27.4 Å². The second-order valence-electron chi connectivity index (χ2n) is 5.51. The van der Waals surface area contributed by atoms with Gasteiger partial charge >= 0.3 is 5.97 Å². The van der Waals surface area contributed by atoms with Gasteiger partial charge in [-0.15, -0.1) is 0 Å².